The van der Waals surface area contributed by atoms with E-state index in [1.54, 1.807) is 0 Å². The third-order valence-corrected chi connectivity index (χ3v) is 10.0. The molecule has 0 saturated carbocycles. The average molecular weight is 247 g/mol. The number of alkyl halides is 1. The monoisotopic (exact) mass is 246 g/mol. The smallest absolute Gasteiger partial charge is 0.122 e. The molecule has 1 nitrogen and oxygen atoms in total. The van der Waals surface area contributed by atoms with Gasteiger partial charge in [0.05, 0.1) is 0 Å². The predicted molar refractivity (Wildman–Crippen MR) is 64.1 cm³/mol. The lowest BCUT2D eigenvalue weighted by atomic mass is 10.3. The Morgan fingerprint density at radius 1 is 1.50 bits per heavy atom. The molecule has 0 bridgehead atoms. The molecule has 0 aliphatic rings. The van der Waals surface area contributed by atoms with Crippen LogP contribution in [0.4, 0.5) is 0 Å². The number of hydrogen-bond donors (Lipinski definition) is 1. The first kappa shape index (κ1) is 13.2. The van der Waals surface area contributed by atoms with Crippen molar-refractivity contribution in [3.8, 4) is 0 Å². The van der Waals surface area contributed by atoms with Gasteiger partial charge in [0.2, 0.25) is 0 Å². The number of halogens is 1. The van der Waals surface area contributed by atoms with Crippen LogP contribution >= 0.6 is 28.4 Å². The number of rotatable bonds is 4. The lowest BCUT2D eigenvalue weighted by Crippen LogP contribution is -2.12. The van der Waals surface area contributed by atoms with Gasteiger partial charge in [-0.05, 0) is 6.42 Å². The van der Waals surface area contributed by atoms with E-state index in [0.29, 0.717) is 5.88 Å². The van der Waals surface area contributed by atoms with Crippen molar-refractivity contribution in [2.24, 2.45) is 0 Å². The van der Waals surface area contributed by atoms with Crippen molar-refractivity contribution in [1.29, 1.82) is 0 Å². The quantitative estimate of drug-likeness (QED) is 0.466. The van der Waals surface area contributed by atoms with Gasteiger partial charge in [-0.25, -0.2) is 0 Å². The van der Waals surface area contributed by atoms with E-state index in [0.717, 1.165) is 12.2 Å². The van der Waals surface area contributed by atoms with E-state index in [-0.39, 0.29) is 5.16 Å². The minimum atomic E-state index is -2.21. The maximum Gasteiger partial charge on any atom is 0.122 e. The summed E-state index contributed by atoms with van der Waals surface area (Å²) < 4.78 is 0. The van der Waals surface area contributed by atoms with E-state index < -0.39 is 5.47 Å². The fourth-order valence-electron chi connectivity index (χ4n) is 0.436. The zero-order chi connectivity index (χ0) is 9.83. The molecule has 1 N–H and O–H groups in total. The highest BCUT2D eigenvalue weighted by Gasteiger charge is 2.29. The van der Waals surface area contributed by atoms with Crippen LogP contribution in [0, 0.1) is 0 Å². The molecule has 5 heteroatoms. The van der Waals surface area contributed by atoms with Crippen molar-refractivity contribution >= 4 is 40.3 Å². The summed E-state index contributed by atoms with van der Waals surface area (Å²) in [5.74, 6) is 1.51. The molecule has 0 saturated heterocycles. The Morgan fingerprint density at radius 3 is 2.33 bits per heavy atom. The fraction of sp³-hybridized carbons (Fsp3) is 1.00. The standard InChI is InChI=1S/C7H16ClOPS2/c1-7(2,3)10(9,11)12-6-4-5-8/h4-6H2,1-3H3,(H,9,11). The van der Waals surface area contributed by atoms with E-state index >= 15 is 0 Å². The van der Waals surface area contributed by atoms with Crippen LogP contribution in [0.2, 0.25) is 0 Å². The highest BCUT2D eigenvalue weighted by molar-refractivity contribution is 8.69. The van der Waals surface area contributed by atoms with Crippen molar-refractivity contribution in [2.75, 3.05) is 11.6 Å². The molecular formula is C7H16ClOPS2. The number of hydrogen-bond acceptors (Lipinski definition) is 2. The first-order valence-corrected chi connectivity index (χ1v) is 8.72. The van der Waals surface area contributed by atoms with E-state index in [1.165, 1.54) is 11.4 Å². The van der Waals surface area contributed by atoms with Crippen molar-refractivity contribution in [2.45, 2.75) is 32.3 Å². The van der Waals surface area contributed by atoms with Crippen molar-refractivity contribution in [3.05, 3.63) is 0 Å². The molecule has 0 aromatic carbocycles. The highest BCUT2D eigenvalue weighted by Crippen LogP contribution is 2.64. The second-order valence-electron chi connectivity index (χ2n) is 3.57. The van der Waals surface area contributed by atoms with Crippen LogP contribution in [0.25, 0.3) is 0 Å². The average Bonchev–Trinajstić information content (AvgIpc) is 1.85. The zero-order valence-electron chi connectivity index (χ0n) is 7.71. The predicted octanol–water partition coefficient (Wildman–Crippen LogP) is 3.45. The van der Waals surface area contributed by atoms with Gasteiger partial charge in [-0.15, -0.1) is 11.6 Å². The summed E-state index contributed by atoms with van der Waals surface area (Å²) in [4.78, 5) is 9.92. The Morgan fingerprint density at radius 2 is 2.00 bits per heavy atom. The van der Waals surface area contributed by atoms with Crippen molar-refractivity contribution in [1.82, 2.24) is 0 Å². The van der Waals surface area contributed by atoms with Crippen LogP contribution in [-0.2, 0) is 11.8 Å². The minimum Gasteiger partial charge on any atom is -0.357 e. The van der Waals surface area contributed by atoms with Gasteiger partial charge in [0.15, 0.2) is 0 Å². The summed E-state index contributed by atoms with van der Waals surface area (Å²) in [6.45, 7) is 5.96. The SMILES string of the molecule is CC(C)(C)P(O)(=S)SCCCCl. The Labute approximate surface area is 89.1 Å². The van der Waals surface area contributed by atoms with Gasteiger partial charge in [0, 0.05) is 16.8 Å². The second kappa shape index (κ2) is 5.21. The Bertz CT molecular complexity index is 179. The summed E-state index contributed by atoms with van der Waals surface area (Å²) in [6, 6.07) is 0. The van der Waals surface area contributed by atoms with Crippen LogP contribution in [0.1, 0.15) is 27.2 Å². The molecule has 0 amide bonds. The highest BCUT2D eigenvalue weighted by atomic mass is 35.5. The lowest BCUT2D eigenvalue weighted by molar-refractivity contribution is 0.593. The first-order chi connectivity index (χ1) is 5.31. The van der Waals surface area contributed by atoms with Gasteiger partial charge in [-0.3, -0.25) is 0 Å². The van der Waals surface area contributed by atoms with Gasteiger partial charge < -0.3 is 4.89 Å². The maximum atomic E-state index is 9.92. The molecule has 0 aliphatic heterocycles. The van der Waals surface area contributed by atoms with Crippen LogP contribution < -0.4 is 0 Å². The lowest BCUT2D eigenvalue weighted by Gasteiger charge is -2.28. The van der Waals surface area contributed by atoms with Gasteiger partial charge >= 0.3 is 0 Å². The Kier molecular flexibility index (Phi) is 5.75. The summed E-state index contributed by atoms with van der Waals surface area (Å²) in [6.07, 6.45) is 0.918. The molecule has 74 valence electrons. The van der Waals surface area contributed by atoms with Gasteiger partial charge in [-0.2, -0.15) is 0 Å². The largest absolute Gasteiger partial charge is 0.357 e. The van der Waals surface area contributed by atoms with Crippen LogP contribution in [0.3, 0.4) is 0 Å². The summed E-state index contributed by atoms with van der Waals surface area (Å²) in [5, 5.41) is -0.153. The molecule has 0 aliphatic carbocycles. The zero-order valence-corrected chi connectivity index (χ0v) is 11.0. The molecule has 12 heavy (non-hydrogen) atoms. The molecular weight excluding hydrogens is 231 g/mol. The normalized spacial score (nSPS) is 17.4. The third-order valence-electron chi connectivity index (χ3n) is 1.39. The molecule has 0 spiro atoms. The molecule has 0 rings (SSSR count). The second-order valence-corrected chi connectivity index (χ2v) is 11.6. The summed E-state index contributed by atoms with van der Waals surface area (Å²) in [7, 11) is 0. The summed E-state index contributed by atoms with van der Waals surface area (Å²) in [5.41, 5.74) is -2.21. The fourth-order valence-corrected chi connectivity index (χ4v) is 4.60. The molecule has 1 unspecified atom stereocenters. The molecule has 0 fully saturated rings. The first-order valence-electron chi connectivity index (χ1n) is 3.84. The van der Waals surface area contributed by atoms with Crippen LogP contribution in [0.15, 0.2) is 0 Å². The van der Waals surface area contributed by atoms with E-state index in [9.17, 15) is 4.89 Å². The van der Waals surface area contributed by atoms with Crippen molar-refractivity contribution < 1.29 is 4.89 Å². The Hall–Kier alpha value is 1.25. The van der Waals surface area contributed by atoms with Gasteiger partial charge in [-0.1, -0.05) is 44.0 Å². The van der Waals surface area contributed by atoms with Crippen LogP contribution in [-0.4, -0.2) is 21.7 Å². The van der Waals surface area contributed by atoms with Crippen LogP contribution in [0.5, 0.6) is 0 Å². The van der Waals surface area contributed by atoms with Gasteiger partial charge in [0.1, 0.15) is 5.47 Å². The molecule has 0 heterocycles. The minimum absolute atomic E-state index is 0.153. The molecule has 0 aromatic rings. The van der Waals surface area contributed by atoms with Crippen molar-refractivity contribution in [3.63, 3.8) is 0 Å². The maximum absolute atomic E-state index is 9.92. The molecule has 0 radical (unpaired) electrons. The van der Waals surface area contributed by atoms with E-state index in [4.69, 9.17) is 23.4 Å². The van der Waals surface area contributed by atoms with E-state index in [1.807, 2.05) is 20.8 Å². The topological polar surface area (TPSA) is 20.2 Å². The molecule has 0 aromatic heterocycles. The third kappa shape index (κ3) is 4.48. The van der Waals surface area contributed by atoms with E-state index in [2.05, 4.69) is 0 Å². The summed E-state index contributed by atoms with van der Waals surface area (Å²) >= 11 is 12.2. The Balaban J connectivity index is 3.98. The van der Waals surface area contributed by atoms with Gasteiger partial charge in [0.25, 0.3) is 0 Å². The molecule has 1 atom stereocenters.